The van der Waals surface area contributed by atoms with Gasteiger partial charge in [-0.1, -0.05) is 207 Å². The monoisotopic (exact) mass is 1020 g/mol. The molecule has 0 spiro atoms. The Morgan fingerprint density at radius 1 is 0.500 bits per heavy atom. The van der Waals surface area contributed by atoms with E-state index >= 15 is 0 Å². The van der Waals surface area contributed by atoms with Crippen molar-refractivity contribution in [2.75, 3.05) is 39.6 Å². The summed E-state index contributed by atoms with van der Waals surface area (Å²) in [6.45, 7) is 10.8. The number of aliphatic hydroxyl groups is 1. The molecule has 9 heteroatoms. The molecule has 2 aliphatic carbocycles. The second-order valence-corrected chi connectivity index (χ2v) is 21.7. The molecule has 398 valence electrons. The maximum atomic E-state index is 14.8. The summed E-state index contributed by atoms with van der Waals surface area (Å²) in [7, 11) is 0. The van der Waals surface area contributed by atoms with Crippen LogP contribution in [0.1, 0.15) is 257 Å². The molecule has 0 saturated heterocycles. The molecule has 1 N–H and O–H groups in total. The Labute approximate surface area is 427 Å². The van der Waals surface area contributed by atoms with Gasteiger partial charge in [0, 0.05) is 31.3 Å². The molecule has 68 heavy (non-hydrogen) atoms. The SMILES string of the molecule is C=C=COOCCCCCCCCCCCCCCCCC(OCCCCOCCCCO)C(CCCCCCCCCCCCCCCOOC=C=C)C1CCC(C2CCCC(F)C2Br)CC1. The average molecular weight is 1030 g/mol. The highest BCUT2D eigenvalue weighted by Gasteiger charge is 2.40. The summed E-state index contributed by atoms with van der Waals surface area (Å²) in [6.07, 6.45) is 52.3. The van der Waals surface area contributed by atoms with E-state index in [0.717, 1.165) is 77.1 Å². The normalized spacial score (nSPS) is 20.4. The van der Waals surface area contributed by atoms with E-state index in [1.807, 2.05) is 0 Å². The molecule has 2 saturated carbocycles. The summed E-state index contributed by atoms with van der Waals surface area (Å²) in [5.74, 6) is 2.53. The van der Waals surface area contributed by atoms with Gasteiger partial charge in [0.15, 0.2) is 12.5 Å². The van der Waals surface area contributed by atoms with Crippen LogP contribution in [-0.4, -0.2) is 61.9 Å². The fraction of sp³-hybridized carbons (Fsp3) is 0.898. The largest absolute Gasteiger partial charge is 0.396 e. The Morgan fingerprint density at radius 3 is 1.38 bits per heavy atom. The maximum Gasteiger partial charge on any atom is 0.171 e. The van der Waals surface area contributed by atoms with Gasteiger partial charge in [-0.05, 0) is 114 Å². The third kappa shape index (κ3) is 35.1. The molecule has 5 unspecified atom stereocenters. The molecule has 0 aromatic carbocycles. The van der Waals surface area contributed by atoms with Crippen molar-refractivity contribution in [3.05, 3.63) is 37.1 Å². The molecule has 0 bridgehead atoms. The van der Waals surface area contributed by atoms with Gasteiger partial charge in [-0.15, -0.1) is 0 Å². The van der Waals surface area contributed by atoms with Crippen LogP contribution in [0, 0.1) is 23.7 Å². The summed E-state index contributed by atoms with van der Waals surface area (Å²) in [5.41, 5.74) is 5.08. The zero-order valence-corrected chi connectivity index (χ0v) is 45.4. The van der Waals surface area contributed by atoms with E-state index in [9.17, 15) is 4.39 Å². The minimum absolute atomic E-state index is 0.0468. The van der Waals surface area contributed by atoms with Gasteiger partial charge in [-0.25, -0.2) is 4.39 Å². The van der Waals surface area contributed by atoms with Gasteiger partial charge in [-0.3, -0.25) is 0 Å². The highest BCUT2D eigenvalue weighted by molar-refractivity contribution is 9.09. The van der Waals surface area contributed by atoms with E-state index in [2.05, 4.69) is 40.6 Å². The summed E-state index contributed by atoms with van der Waals surface area (Å²) < 4.78 is 27.7. The van der Waals surface area contributed by atoms with Crippen molar-refractivity contribution >= 4 is 15.9 Å². The van der Waals surface area contributed by atoms with Gasteiger partial charge in [0.2, 0.25) is 0 Å². The van der Waals surface area contributed by atoms with Crippen LogP contribution in [0.4, 0.5) is 4.39 Å². The second kappa shape index (κ2) is 48.1. The predicted octanol–water partition coefficient (Wildman–Crippen LogP) is 18.1. The summed E-state index contributed by atoms with van der Waals surface area (Å²) in [6, 6.07) is 0. The number of hydrogen-bond acceptors (Lipinski definition) is 7. The topological polar surface area (TPSA) is 75.6 Å². The van der Waals surface area contributed by atoms with Crippen LogP contribution in [0.2, 0.25) is 0 Å². The fourth-order valence-corrected chi connectivity index (χ4v) is 12.0. The van der Waals surface area contributed by atoms with E-state index in [-0.39, 0.29) is 11.4 Å². The molecular weight excluding hydrogens is 920 g/mol. The van der Waals surface area contributed by atoms with Crippen LogP contribution >= 0.6 is 15.9 Å². The molecule has 0 amide bonds. The predicted molar refractivity (Wildman–Crippen MR) is 285 cm³/mol. The molecule has 0 radical (unpaired) electrons. The van der Waals surface area contributed by atoms with Gasteiger partial charge in [0.1, 0.15) is 6.17 Å². The lowest BCUT2D eigenvalue weighted by atomic mass is 9.66. The molecule has 0 aromatic rings. The molecule has 0 aromatic heterocycles. The first-order valence-corrected chi connectivity index (χ1v) is 29.9. The first kappa shape index (κ1) is 63.0. The third-order valence-electron chi connectivity index (χ3n) is 15.1. The van der Waals surface area contributed by atoms with Crippen molar-refractivity contribution in [1.29, 1.82) is 0 Å². The molecule has 5 atom stereocenters. The Kier molecular flexibility index (Phi) is 44.6. The van der Waals surface area contributed by atoms with E-state index in [1.54, 1.807) is 0 Å². The highest BCUT2D eigenvalue weighted by Crippen LogP contribution is 2.46. The van der Waals surface area contributed by atoms with Crippen LogP contribution in [0.25, 0.3) is 0 Å². The van der Waals surface area contributed by atoms with Crippen molar-refractivity contribution in [3.63, 3.8) is 0 Å². The van der Waals surface area contributed by atoms with Crippen molar-refractivity contribution < 1.29 is 38.5 Å². The van der Waals surface area contributed by atoms with Gasteiger partial charge in [0.25, 0.3) is 0 Å². The van der Waals surface area contributed by atoms with Gasteiger partial charge >= 0.3 is 0 Å². The van der Waals surface area contributed by atoms with E-state index in [4.69, 9.17) is 34.1 Å². The standard InChI is InChI=1S/C59H106BrFO7/c1-3-46-65-67-51-31-26-22-18-14-10-6-5-9-13-17-21-25-29-40-58(64-50-35-34-49-63-48-33-30-45-62)55(53-41-43-54(44-42-53)56-38-36-39-57(61)59(56)60)37-28-24-20-16-12-8-7-11-15-19-23-27-32-52-68-66-47-4-2/h46-47,53-59,62H,1-2,5-45,48-52H2. The van der Waals surface area contributed by atoms with Crippen molar-refractivity contribution in [3.8, 4) is 0 Å². The Morgan fingerprint density at radius 2 is 0.912 bits per heavy atom. The lowest BCUT2D eigenvalue weighted by Gasteiger charge is -2.43. The Balaban J connectivity index is 1.79. The summed E-state index contributed by atoms with van der Waals surface area (Å²) in [4.78, 5) is 19.8. The first-order valence-electron chi connectivity index (χ1n) is 29.0. The lowest BCUT2D eigenvalue weighted by molar-refractivity contribution is -0.248. The van der Waals surface area contributed by atoms with Crippen LogP contribution < -0.4 is 0 Å². The first-order chi connectivity index (χ1) is 33.6. The molecule has 7 nitrogen and oxygen atoms in total. The fourth-order valence-electron chi connectivity index (χ4n) is 11.1. The Hall–Kier alpha value is -1.15. The highest BCUT2D eigenvalue weighted by atomic mass is 79.9. The van der Waals surface area contributed by atoms with Gasteiger partial charge in [0.05, 0.1) is 19.3 Å². The number of aliphatic hydroxyl groups excluding tert-OH is 1. The molecule has 0 aliphatic heterocycles. The zero-order chi connectivity index (χ0) is 48.6. The van der Waals surface area contributed by atoms with Crippen LogP contribution in [0.3, 0.4) is 0 Å². The number of halogens is 2. The molecule has 2 fully saturated rings. The van der Waals surface area contributed by atoms with Crippen molar-refractivity contribution in [2.45, 2.75) is 274 Å². The van der Waals surface area contributed by atoms with E-state index in [1.165, 1.54) is 218 Å². The lowest BCUT2D eigenvalue weighted by Crippen LogP contribution is -2.38. The van der Waals surface area contributed by atoms with E-state index in [0.29, 0.717) is 37.1 Å². The smallest absolute Gasteiger partial charge is 0.171 e. The summed E-state index contributed by atoms with van der Waals surface area (Å²) >= 11 is 3.83. The number of alkyl halides is 2. The summed E-state index contributed by atoms with van der Waals surface area (Å²) in [5, 5.41) is 9.10. The number of unbranched alkanes of at least 4 members (excludes halogenated alkanes) is 27. The van der Waals surface area contributed by atoms with Crippen LogP contribution in [0.15, 0.2) is 37.1 Å². The average Bonchev–Trinajstić information content (AvgIpc) is 3.35. The Bertz CT molecular complexity index is 1170. The second-order valence-electron chi connectivity index (χ2n) is 20.7. The maximum absolute atomic E-state index is 14.8. The minimum atomic E-state index is -0.679. The van der Waals surface area contributed by atoms with Crippen LogP contribution in [-0.2, 0) is 29.0 Å². The quantitative estimate of drug-likeness (QED) is 0.0162. The third-order valence-corrected chi connectivity index (χ3v) is 16.4. The van der Waals surface area contributed by atoms with E-state index < -0.39 is 6.17 Å². The van der Waals surface area contributed by atoms with Gasteiger partial charge < -0.3 is 24.4 Å². The number of rotatable bonds is 50. The molecule has 2 rings (SSSR count). The molecule has 2 aliphatic rings. The minimum Gasteiger partial charge on any atom is -0.396 e. The van der Waals surface area contributed by atoms with Crippen LogP contribution in [0.5, 0.6) is 0 Å². The molecule has 0 heterocycles. The molecular formula is C59H106BrFO7. The number of ether oxygens (including phenoxy) is 2. The van der Waals surface area contributed by atoms with Gasteiger partial charge in [-0.2, -0.15) is 9.78 Å². The van der Waals surface area contributed by atoms with Crippen molar-refractivity contribution in [2.24, 2.45) is 23.7 Å². The van der Waals surface area contributed by atoms with Crippen molar-refractivity contribution in [1.82, 2.24) is 0 Å². The number of hydrogen-bond donors (Lipinski definition) is 1. The zero-order valence-electron chi connectivity index (χ0n) is 43.8.